The first-order valence-electron chi connectivity index (χ1n) is 5.12. The summed E-state index contributed by atoms with van der Waals surface area (Å²) < 4.78 is 5.10. The number of aliphatic hydroxyl groups excluding tert-OH is 1. The Bertz CT molecular complexity index is 299. The summed E-state index contributed by atoms with van der Waals surface area (Å²) in [5.74, 6) is 3.53. The molecule has 0 radical (unpaired) electrons. The highest BCUT2D eigenvalue weighted by atomic mass is 32.2. The van der Waals surface area contributed by atoms with Crippen molar-refractivity contribution in [2.24, 2.45) is 0 Å². The van der Waals surface area contributed by atoms with Gasteiger partial charge in [-0.25, -0.2) is 0 Å². The number of rotatable bonds is 4. The van der Waals surface area contributed by atoms with Crippen molar-refractivity contribution in [1.29, 1.82) is 0 Å². The topological polar surface area (TPSA) is 71.2 Å². The largest absolute Gasteiger partial charge is 0.396 e. The summed E-state index contributed by atoms with van der Waals surface area (Å²) in [4.78, 5) is 4.21. The van der Waals surface area contributed by atoms with Crippen molar-refractivity contribution in [2.45, 2.75) is 18.9 Å². The quantitative estimate of drug-likeness (QED) is 0.748. The third-order valence-corrected chi connectivity index (χ3v) is 3.40. The van der Waals surface area contributed by atoms with Gasteiger partial charge in [0.25, 0.3) is 0 Å². The lowest BCUT2D eigenvalue weighted by molar-refractivity contribution is 0.292. The third kappa shape index (κ3) is 3.19. The molecule has 0 aliphatic carbocycles. The van der Waals surface area contributed by atoms with E-state index in [1.165, 1.54) is 5.75 Å². The van der Waals surface area contributed by atoms with Crippen LogP contribution in [0.4, 0.5) is 0 Å². The minimum atomic E-state index is 0.0660. The molecule has 6 heteroatoms. The number of nitrogens with one attached hydrogen (secondary N) is 1. The normalized spacial score (nSPS) is 21.8. The molecule has 2 N–H and O–H groups in total. The molecule has 0 bridgehead atoms. The van der Waals surface area contributed by atoms with E-state index in [0.717, 1.165) is 18.7 Å². The minimum Gasteiger partial charge on any atom is -0.396 e. The predicted octanol–water partition coefficient (Wildman–Crippen LogP) is -0.148. The van der Waals surface area contributed by atoms with Crippen LogP contribution in [0.15, 0.2) is 4.52 Å². The number of hydrogen-bond acceptors (Lipinski definition) is 6. The van der Waals surface area contributed by atoms with Crippen LogP contribution in [0.5, 0.6) is 0 Å². The van der Waals surface area contributed by atoms with Crippen LogP contribution in [0.2, 0.25) is 0 Å². The van der Waals surface area contributed by atoms with Gasteiger partial charge < -0.3 is 14.9 Å². The summed E-state index contributed by atoms with van der Waals surface area (Å²) >= 11 is 1.95. The second-order valence-corrected chi connectivity index (χ2v) is 4.66. The number of aliphatic hydroxyl groups is 1. The van der Waals surface area contributed by atoms with Gasteiger partial charge in [-0.15, -0.1) is 0 Å². The molecule has 1 fully saturated rings. The van der Waals surface area contributed by atoms with Crippen LogP contribution in [-0.2, 0) is 12.8 Å². The van der Waals surface area contributed by atoms with Crippen molar-refractivity contribution in [3.8, 4) is 0 Å². The van der Waals surface area contributed by atoms with E-state index in [9.17, 15) is 0 Å². The Labute approximate surface area is 92.6 Å². The van der Waals surface area contributed by atoms with E-state index in [0.29, 0.717) is 24.2 Å². The van der Waals surface area contributed by atoms with Crippen molar-refractivity contribution in [3.05, 3.63) is 11.7 Å². The second kappa shape index (κ2) is 5.48. The average Bonchev–Trinajstić information content (AvgIpc) is 2.68. The summed E-state index contributed by atoms with van der Waals surface area (Å²) in [5, 5.41) is 15.9. The molecule has 0 aromatic carbocycles. The molecule has 1 aromatic heterocycles. The maximum atomic E-state index is 8.71. The summed E-state index contributed by atoms with van der Waals surface area (Å²) in [7, 11) is 0. The summed E-state index contributed by atoms with van der Waals surface area (Å²) in [5.41, 5.74) is 0. The number of nitrogens with zero attached hydrogens (tertiary/aromatic N) is 2. The molecule has 2 rings (SSSR count). The molecule has 1 aliphatic heterocycles. The molecular formula is C9H15N3O2S. The molecule has 1 saturated heterocycles. The number of thioether (sulfide) groups is 1. The van der Waals surface area contributed by atoms with Crippen LogP contribution in [-0.4, -0.2) is 45.9 Å². The van der Waals surface area contributed by atoms with E-state index >= 15 is 0 Å². The van der Waals surface area contributed by atoms with Crippen LogP contribution in [0.3, 0.4) is 0 Å². The summed E-state index contributed by atoms with van der Waals surface area (Å²) in [6, 6.07) is 0.436. The van der Waals surface area contributed by atoms with Crippen LogP contribution in [0.1, 0.15) is 11.7 Å². The average molecular weight is 229 g/mol. The van der Waals surface area contributed by atoms with Crippen LogP contribution >= 0.6 is 11.8 Å². The Balaban J connectivity index is 1.86. The highest BCUT2D eigenvalue weighted by Crippen LogP contribution is 2.11. The van der Waals surface area contributed by atoms with E-state index in [4.69, 9.17) is 9.63 Å². The Kier molecular flexibility index (Phi) is 3.99. The lowest BCUT2D eigenvalue weighted by Crippen LogP contribution is -2.38. The molecule has 1 atom stereocenters. The Morgan fingerprint density at radius 2 is 2.53 bits per heavy atom. The highest BCUT2D eigenvalue weighted by molar-refractivity contribution is 7.99. The maximum absolute atomic E-state index is 8.71. The standard InChI is InChI=1S/C9H15N3O2S/c13-3-1-8-11-9(14-12-8)5-7-6-15-4-2-10-7/h7,10,13H,1-6H2. The molecule has 1 unspecified atom stereocenters. The van der Waals surface area contributed by atoms with Gasteiger partial charge in [0, 0.05) is 36.9 Å². The van der Waals surface area contributed by atoms with Crippen molar-refractivity contribution in [2.75, 3.05) is 24.7 Å². The van der Waals surface area contributed by atoms with Gasteiger partial charge in [0.1, 0.15) is 0 Å². The molecular weight excluding hydrogens is 214 g/mol. The van der Waals surface area contributed by atoms with Crippen molar-refractivity contribution < 1.29 is 9.63 Å². The minimum absolute atomic E-state index is 0.0660. The first-order chi connectivity index (χ1) is 7.38. The Morgan fingerprint density at radius 3 is 3.27 bits per heavy atom. The van der Waals surface area contributed by atoms with Gasteiger partial charge in [-0.1, -0.05) is 5.16 Å². The van der Waals surface area contributed by atoms with Gasteiger partial charge in [-0.2, -0.15) is 16.7 Å². The van der Waals surface area contributed by atoms with E-state index in [1.807, 2.05) is 11.8 Å². The lowest BCUT2D eigenvalue weighted by Gasteiger charge is -2.21. The molecule has 1 aromatic rings. The predicted molar refractivity (Wildman–Crippen MR) is 57.9 cm³/mol. The first kappa shape index (κ1) is 10.9. The fourth-order valence-corrected chi connectivity index (χ4v) is 2.49. The molecule has 0 saturated carbocycles. The first-order valence-corrected chi connectivity index (χ1v) is 6.27. The van der Waals surface area contributed by atoms with E-state index < -0.39 is 0 Å². The molecule has 15 heavy (non-hydrogen) atoms. The maximum Gasteiger partial charge on any atom is 0.228 e. The second-order valence-electron chi connectivity index (χ2n) is 3.51. The monoisotopic (exact) mass is 229 g/mol. The zero-order valence-electron chi connectivity index (χ0n) is 8.48. The van der Waals surface area contributed by atoms with Gasteiger partial charge in [-0.3, -0.25) is 0 Å². The lowest BCUT2D eigenvalue weighted by atomic mass is 10.2. The zero-order valence-corrected chi connectivity index (χ0v) is 9.29. The molecule has 5 nitrogen and oxygen atoms in total. The van der Waals surface area contributed by atoms with Crippen molar-refractivity contribution in [1.82, 2.24) is 15.5 Å². The van der Waals surface area contributed by atoms with Gasteiger partial charge in [0.2, 0.25) is 5.89 Å². The fraction of sp³-hybridized carbons (Fsp3) is 0.778. The summed E-state index contributed by atoms with van der Waals surface area (Å²) in [6.07, 6.45) is 1.25. The number of aromatic nitrogens is 2. The SMILES string of the molecule is OCCc1noc(CC2CSCCN2)n1. The number of hydrogen-bond donors (Lipinski definition) is 2. The van der Waals surface area contributed by atoms with E-state index in [1.54, 1.807) is 0 Å². The van der Waals surface area contributed by atoms with Gasteiger partial charge in [0.15, 0.2) is 5.82 Å². The van der Waals surface area contributed by atoms with E-state index in [-0.39, 0.29) is 6.61 Å². The van der Waals surface area contributed by atoms with Crippen LogP contribution in [0.25, 0.3) is 0 Å². The Hall–Kier alpha value is -0.590. The molecule has 84 valence electrons. The van der Waals surface area contributed by atoms with Crippen molar-refractivity contribution in [3.63, 3.8) is 0 Å². The van der Waals surface area contributed by atoms with Gasteiger partial charge >= 0.3 is 0 Å². The van der Waals surface area contributed by atoms with Gasteiger partial charge in [0.05, 0.1) is 6.61 Å². The molecule has 0 spiro atoms. The van der Waals surface area contributed by atoms with Crippen molar-refractivity contribution >= 4 is 11.8 Å². The van der Waals surface area contributed by atoms with Crippen LogP contribution in [0, 0.1) is 0 Å². The smallest absolute Gasteiger partial charge is 0.228 e. The highest BCUT2D eigenvalue weighted by Gasteiger charge is 2.16. The third-order valence-electron chi connectivity index (χ3n) is 2.27. The van der Waals surface area contributed by atoms with E-state index in [2.05, 4.69) is 15.5 Å². The Morgan fingerprint density at radius 1 is 1.60 bits per heavy atom. The van der Waals surface area contributed by atoms with Gasteiger partial charge in [-0.05, 0) is 0 Å². The summed E-state index contributed by atoms with van der Waals surface area (Å²) in [6.45, 7) is 1.11. The molecule has 0 amide bonds. The zero-order chi connectivity index (χ0) is 10.5. The molecule has 2 heterocycles. The molecule has 1 aliphatic rings. The fourth-order valence-electron chi connectivity index (χ4n) is 1.54. The van der Waals surface area contributed by atoms with Crippen LogP contribution < -0.4 is 5.32 Å².